The van der Waals surface area contributed by atoms with Gasteiger partial charge >= 0.3 is 165 Å². The first kappa shape index (κ1) is 21.0. The van der Waals surface area contributed by atoms with Crippen LogP contribution in [0, 0.1) is 0 Å². The molecular weight excluding hydrogens is 441 g/mol. The van der Waals surface area contributed by atoms with Crippen molar-refractivity contribution in [1.29, 1.82) is 0 Å². The van der Waals surface area contributed by atoms with Gasteiger partial charge in [0.15, 0.2) is 0 Å². The van der Waals surface area contributed by atoms with Gasteiger partial charge in [0, 0.05) is 0 Å². The van der Waals surface area contributed by atoms with E-state index in [4.69, 9.17) is 0 Å². The second kappa shape index (κ2) is 10.7. The van der Waals surface area contributed by atoms with Crippen molar-refractivity contribution < 1.29 is 17.0 Å². The van der Waals surface area contributed by atoms with Gasteiger partial charge in [-0.15, -0.1) is 0 Å². The Balaban J connectivity index is 0.00000225. The van der Waals surface area contributed by atoms with Gasteiger partial charge in [-0.05, 0) is 0 Å². The van der Waals surface area contributed by atoms with Crippen molar-refractivity contribution in [2.45, 2.75) is 0 Å². The van der Waals surface area contributed by atoms with Crippen LogP contribution in [0.15, 0.2) is 121 Å². The third-order valence-corrected chi connectivity index (χ3v) is 9.63. The summed E-state index contributed by atoms with van der Waals surface area (Å²) in [6.07, 6.45) is 0. The van der Waals surface area contributed by atoms with E-state index in [0.717, 1.165) is 0 Å². The molecule has 0 N–H and O–H groups in total. The molecule has 28 heavy (non-hydrogen) atoms. The molecule has 0 atom stereocenters. The average molecular weight is 461 g/mol. The molecule has 0 amide bonds. The van der Waals surface area contributed by atoms with Gasteiger partial charge < -0.3 is 17.0 Å². The van der Waals surface area contributed by atoms with Crippen LogP contribution < -0.4 is 38.2 Å². The summed E-state index contributed by atoms with van der Waals surface area (Å²) in [6, 6.07) is 43.7. The summed E-state index contributed by atoms with van der Waals surface area (Å²) in [5.41, 5.74) is 0. The molecule has 0 heterocycles. The van der Waals surface area contributed by atoms with E-state index in [0.29, 0.717) is 0 Å². The Hall–Kier alpha value is -1.72. The molecule has 4 heteroatoms. The Morgan fingerprint density at radius 3 is 0.786 bits per heavy atom. The van der Waals surface area contributed by atoms with E-state index in [1.165, 1.54) is 21.2 Å². The summed E-state index contributed by atoms with van der Waals surface area (Å²) in [5, 5.41) is 5.60. The molecule has 0 unspecified atom stereocenters. The first-order valence-electron chi connectivity index (χ1n) is 9.05. The fourth-order valence-corrected chi connectivity index (χ4v) is 8.66. The number of benzene rings is 4. The van der Waals surface area contributed by atoms with E-state index in [9.17, 15) is 0 Å². The topological polar surface area (TPSA) is 0 Å². The molecule has 0 aromatic heterocycles. The second-order valence-corrected chi connectivity index (χ2v) is 10.7. The molecule has 136 valence electrons. The van der Waals surface area contributed by atoms with Gasteiger partial charge in [0.2, 0.25) is 0 Å². The van der Waals surface area contributed by atoms with Crippen molar-refractivity contribution >= 4 is 43.5 Å². The van der Waals surface area contributed by atoms with Gasteiger partial charge in [0.25, 0.3) is 0 Å². The zero-order valence-corrected chi connectivity index (χ0v) is 18.8. The van der Waals surface area contributed by atoms with Crippen molar-refractivity contribution in [2.24, 2.45) is 0 Å². The quantitative estimate of drug-likeness (QED) is 0.304. The largest absolute Gasteiger partial charge is 1.00 e. The Morgan fingerprint density at radius 1 is 0.357 bits per heavy atom. The standard InChI is InChI=1S/C24H20BP2.BrH/c1-5-13-21(14-6-1)26(22-15-7-2-8-16-22)25-27(23-17-9-3-10-18-23)24-19-11-4-12-20-24;/h1-20H;1H/q+1;/p-1. The minimum absolute atomic E-state index is 0. The molecule has 4 aromatic rings. The maximum atomic E-state index is 2.61. The van der Waals surface area contributed by atoms with Crippen LogP contribution in [0.1, 0.15) is 0 Å². The van der Waals surface area contributed by atoms with Gasteiger partial charge in [-0.2, -0.15) is 0 Å². The molecule has 0 saturated heterocycles. The zero-order valence-electron chi connectivity index (χ0n) is 15.4. The fraction of sp³-hybridized carbons (Fsp3) is 0. The van der Waals surface area contributed by atoms with Gasteiger partial charge in [0.1, 0.15) is 0 Å². The molecule has 0 aliphatic heterocycles. The molecule has 0 aliphatic carbocycles. The van der Waals surface area contributed by atoms with Crippen LogP contribution in [0.2, 0.25) is 0 Å². The normalized spacial score (nSPS) is 10.4. The van der Waals surface area contributed by atoms with E-state index in [2.05, 4.69) is 128 Å². The molecule has 4 aromatic carbocycles. The predicted octanol–water partition coefficient (Wildman–Crippen LogP) is 1.79. The summed E-state index contributed by atoms with van der Waals surface area (Å²) in [7, 11) is -1.07. The maximum absolute atomic E-state index is 2.61. The molecule has 0 radical (unpaired) electrons. The summed E-state index contributed by atoms with van der Waals surface area (Å²) < 4.78 is 0. The van der Waals surface area contributed by atoms with E-state index < -0.39 is 15.6 Å². The van der Waals surface area contributed by atoms with E-state index >= 15 is 0 Å². The van der Waals surface area contributed by atoms with Crippen LogP contribution in [0.3, 0.4) is 0 Å². The van der Waals surface area contributed by atoms with E-state index in [-0.39, 0.29) is 17.0 Å². The SMILES string of the molecule is [B+](P(c1ccccc1)c1ccccc1)P(c1ccccc1)c1ccccc1.[Br-]. The van der Waals surface area contributed by atoms with Crippen molar-refractivity contribution in [2.75, 3.05) is 0 Å². The molecule has 0 saturated carbocycles. The molecular formula is C24H20BBrP2. The average Bonchev–Trinajstić information content (AvgIpc) is 2.77. The first-order chi connectivity index (χ1) is 13.4. The maximum Gasteiger partial charge on any atom is -1.00 e. The molecule has 0 fully saturated rings. The molecule has 0 aliphatic rings. The zero-order chi connectivity index (χ0) is 18.3. The van der Waals surface area contributed by atoms with Crippen LogP contribution in [0.25, 0.3) is 0 Å². The third kappa shape index (κ3) is 5.21. The van der Waals surface area contributed by atoms with Crippen molar-refractivity contribution in [3.63, 3.8) is 0 Å². The van der Waals surface area contributed by atoms with Gasteiger partial charge in [0.05, 0.1) is 0 Å². The minimum atomic E-state index is -0.534. The van der Waals surface area contributed by atoms with Crippen molar-refractivity contribution in [3.8, 4) is 0 Å². The van der Waals surface area contributed by atoms with Crippen LogP contribution in [0.5, 0.6) is 0 Å². The first-order valence-corrected chi connectivity index (χ1v) is 11.9. The second-order valence-electron chi connectivity index (χ2n) is 6.20. The number of halogens is 1. The molecule has 0 nitrogen and oxygen atoms in total. The Morgan fingerprint density at radius 2 is 0.571 bits per heavy atom. The number of hydrogen-bond acceptors (Lipinski definition) is 0. The Kier molecular flexibility index (Phi) is 8.05. The van der Waals surface area contributed by atoms with E-state index in [1.807, 2.05) is 0 Å². The Bertz CT molecular complexity index is 791. The Labute approximate surface area is 181 Å². The summed E-state index contributed by atoms with van der Waals surface area (Å²) in [6.45, 7) is 2.61. The van der Waals surface area contributed by atoms with Crippen molar-refractivity contribution in [1.82, 2.24) is 0 Å². The number of hydrogen-bond donors (Lipinski definition) is 0. The summed E-state index contributed by atoms with van der Waals surface area (Å²) >= 11 is 0. The van der Waals surface area contributed by atoms with Gasteiger partial charge in [-0.3, -0.25) is 0 Å². The van der Waals surface area contributed by atoms with Crippen LogP contribution >= 0.6 is 15.6 Å². The van der Waals surface area contributed by atoms with E-state index in [1.54, 1.807) is 0 Å². The monoisotopic (exact) mass is 460 g/mol. The predicted molar refractivity (Wildman–Crippen MR) is 124 cm³/mol. The van der Waals surface area contributed by atoms with Crippen LogP contribution in [0.4, 0.5) is 0 Å². The van der Waals surface area contributed by atoms with Crippen LogP contribution in [-0.4, -0.2) is 6.72 Å². The smallest absolute Gasteiger partial charge is 1.00 e. The van der Waals surface area contributed by atoms with Gasteiger partial charge in [-0.25, -0.2) is 0 Å². The van der Waals surface area contributed by atoms with Gasteiger partial charge in [-0.1, -0.05) is 0 Å². The molecule has 0 spiro atoms. The number of rotatable bonds is 6. The summed E-state index contributed by atoms with van der Waals surface area (Å²) in [4.78, 5) is 0. The summed E-state index contributed by atoms with van der Waals surface area (Å²) in [5.74, 6) is 0. The fourth-order valence-electron chi connectivity index (χ4n) is 3.03. The van der Waals surface area contributed by atoms with Crippen LogP contribution in [-0.2, 0) is 0 Å². The van der Waals surface area contributed by atoms with Crippen molar-refractivity contribution in [3.05, 3.63) is 121 Å². The minimum Gasteiger partial charge on any atom is -1.00 e. The molecule has 4 rings (SSSR count). The third-order valence-electron chi connectivity index (χ3n) is 4.37. The molecule has 0 bridgehead atoms.